The summed E-state index contributed by atoms with van der Waals surface area (Å²) in [5, 5.41) is 8.54. The SMILES string of the molecule is CN(C)S(=O)(=O)c1oc(-c2ccccc2)nc1C#N. The first-order chi connectivity index (χ1) is 8.96. The minimum atomic E-state index is -3.83. The smallest absolute Gasteiger partial charge is 0.279 e. The summed E-state index contributed by atoms with van der Waals surface area (Å²) in [5.74, 6) is 0.109. The molecule has 98 valence electrons. The molecule has 0 atom stereocenters. The second-order valence-corrected chi connectivity index (χ2v) is 5.97. The third-order valence-corrected chi connectivity index (χ3v) is 4.14. The predicted molar refractivity (Wildman–Crippen MR) is 67.5 cm³/mol. The van der Waals surface area contributed by atoms with Crippen LogP contribution in [0.5, 0.6) is 0 Å². The van der Waals surface area contributed by atoms with Crippen LogP contribution in [0.3, 0.4) is 0 Å². The van der Waals surface area contributed by atoms with Gasteiger partial charge in [-0.25, -0.2) is 12.7 Å². The van der Waals surface area contributed by atoms with Gasteiger partial charge in [0.05, 0.1) is 0 Å². The van der Waals surface area contributed by atoms with Crippen LogP contribution in [0, 0.1) is 11.3 Å². The van der Waals surface area contributed by atoms with Gasteiger partial charge in [0.25, 0.3) is 15.1 Å². The lowest BCUT2D eigenvalue weighted by Gasteiger charge is -2.07. The Hall–Kier alpha value is -2.17. The molecule has 6 nitrogen and oxygen atoms in total. The molecule has 0 saturated heterocycles. The van der Waals surface area contributed by atoms with Crippen LogP contribution in [0.15, 0.2) is 39.8 Å². The minimum absolute atomic E-state index is 0.109. The molecule has 0 radical (unpaired) electrons. The van der Waals surface area contributed by atoms with Gasteiger partial charge in [-0.15, -0.1) is 0 Å². The van der Waals surface area contributed by atoms with Crippen LogP contribution in [-0.2, 0) is 10.0 Å². The van der Waals surface area contributed by atoms with E-state index in [1.807, 2.05) is 6.07 Å². The number of oxazole rings is 1. The number of aromatic nitrogens is 1. The topological polar surface area (TPSA) is 87.2 Å². The Kier molecular flexibility index (Phi) is 3.38. The largest absolute Gasteiger partial charge is 0.422 e. The molecule has 0 spiro atoms. The molecule has 0 amide bonds. The molecule has 1 heterocycles. The van der Waals surface area contributed by atoms with Crippen molar-refractivity contribution in [2.75, 3.05) is 14.1 Å². The number of nitriles is 1. The number of hydrogen-bond donors (Lipinski definition) is 0. The second-order valence-electron chi connectivity index (χ2n) is 3.92. The molecule has 7 heteroatoms. The zero-order chi connectivity index (χ0) is 14.0. The van der Waals surface area contributed by atoms with E-state index in [2.05, 4.69) is 4.98 Å². The summed E-state index contributed by atoms with van der Waals surface area (Å²) in [7, 11) is -1.10. The summed E-state index contributed by atoms with van der Waals surface area (Å²) >= 11 is 0. The summed E-state index contributed by atoms with van der Waals surface area (Å²) in [6.45, 7) is 0. The first kappa shape index (κ1) is 13.3. The van der Waals surface area contributed by atoms with Gasteiger partial charge in [0, 0.05) is 19.7 Å². The van der Waals surface area contributed by atoms with Crippen molar-refractivity contribution in [2.24, 2.45) is 0 Å². The van der Waals surface area contributed by atoms with Crippen molar-refractivity contribution >= 4 is 10.0 Å². The molecule has 1 aromatic heterocycles. The third-order valence-electron chi connectivity index (χ3n) is 2.44. The van der Waals surface area contributed by atoms with Crippen LogP contribution in [-0.4, -0.2) is 31.8 Å². The van der Waals surface area contributed by atoms with Gasteiger partial charge in [-0.05, 0) is 12.1 Å². The van der Waals surface area contributed by atoms with E-state index in [0.717, 1.165) is 4.31 Å². The summed E-state index contributed by atoms with van der Waals surface area (Å²) in [4.78, 5) is 3.91. The van der Waals surface area contributed by atoms with Gasteiger partial charge in [-0.3, -0.25) is 0 Å². The van der Waals surface area contributed by atoms with Gasteiger partial charge in [0.2, 0.25) is 5.89 Å². The number of nitrogens with zero attached hydrogens (tertiary/aromatic N) is 3. The highest BCUT2D eigenvalue weighted by molar-refractivity contribution is 7.89. The van der Waals surface area contributed by atoms with Gasteiger partial charge in [0.15, 0.2) is 5.69 Å². The first-order valence-corrected chi connectivity index (χ1v) is 6.79. The van der Waals surface area contributed by atoms with E-state index in [-0.39, 0.29) is 11.6 Å². The van der Waals surface area contributed by atoms with Gasteiger partial charge < -0.3 is 4.42 Å². The molecular weight excluding hydrogens is 266 g/mol. The van der Waals surface area contributed by atoms with Crippen LogP contribution in [0.4, 0.5) is 0 Å². The molecule has 0 bridgehead atoms. The normalized spacial score (nSPS) is 11.5. The molecule has 0 saturated carbocycles. The van der Waals surface area contributed by atoms with Gasteiger partial charge in [-0.2, -0.15) is 10.2 Å². The molecule has 0 unspecified atom stereocenters. The fourth-order valence-electron chi connectivity index (χ4n) is 1.42. The zero-order valence-electron chi connectivity index (χ0n) is 10.4. The summed E-state index contributed by atoms with van der Waals surface area (Å²) in [6, 6.07) is 10.5. The van der Waals surface area contributed by atoms with Crippen LogP contribution < -0.4 is 0 Å². The maximum atomic E-state index is 12.0. The van der Waals surface area contributed by atoms with Gasteiger partial charge in [-0.1, -0.05) is 18.2 Å². The lowest BCUT2D eigenvalue weighted by molar-refractivity contribution is 0.432. The van der Waals surface area contributed by atoms with Crippen molar-refractivity contribution in [1.29, 1.82) is 5.26 Å². The second kappa shape index (κ2) is 4.84. The van der Waals surface area contributed by atoms with E-state index in [9.17, 15) is 8.42 Å². The van der Waals surface area contributed by atoms with Gasteiger partial charge in [0.1, 0.15) is 6.07 Å². The van der Waals surface area contributed by atoms with Crippen molar-refractivity contribution in [3.8, 4) is 17.5 Å². The third kappa shape index (κ3) is 2.36. The minimum Gasteiger partial charge on any atom is -0.422 e. The quantitative estimate of drug-likeness (QED) is 0.847. The molecule has 0 N–H and O–H groups in total. The van der Waals surface area contributed by atoms with Gasteiger partial charge >= 0.3 is 0 Å². The average Bonchev–Trinajstić information content (AvgIpc) is 2.84. The number of sulfonamides is 1. The Morgan fingerprint density at radius 2 is 1.89 bits per heavy atom. The molecule has 0 aliphatic carbocycles. The van der Waals surface area contributed by atoms with Crippen molar-refractivity contribution in [3.05, 3.63) is 36.0 Å². The monoisotopic (exact) mass is 277 g/mol. The molecule has 0 fully saturated rings. The molecule has 19 heavy (non-hydrogen) atoms. The Balaban J connectivity index is 2.61. The maximum absolute atomic E-state index is 12.0. The summed E-state index contributed by atoms with van der Waals surface area (Å²) < 4.78 is 30.2. The van der Waals surface area contributed by atoms with E-state index in [4.69, 9.17) is 9.68 Å². The van der Waals surface area contributed by atoms with Crippen LogP contribution in [0.1, 0.15) is 5.69 Å². The van der Waals surface area contributed by atoms with Crippen LogP contribution >= 0.6 is 0 Å². The Morgan fingerprint density at radius 3 is 2.42 bits per heavy atom. The molecule has 0 aliphatic rings. The highest BCUT2D eigenvalue weighted by Gasteiger charge is 2.28. The van der Waals surface area contributed by atoms with Crippen molar-refractivity contribution in [1.82, 2.24) is 9.29 Å². The zero-order valence-corrected chi connectivity index (χ0v) is 11.2. The first-order valence-electron chi connectivity index (χ1n) is 5.35. The molecule has 0 aliphatic heterocycles. The van der Waals surface area contributed by atoms with E-state index in [1.54, 1.807) is 30.3 Å². The lowest BCUT2D eigenvalue weighted by atomic mass is 10.2. The molecule has 1 aromatic carbocycles. The van der Waals surface area contributed by atoms with E-state index in [0.29, 0.717) is 5.56 Å². The van der Waals surface area contributed by atoms with E-state index < -0.39 is 15.1 Å². The molecule has 2 rings (SSSR count). The highest BCUT2D eigenvalue weighted by atomic mass is 32.2. The van der Waals surface area contributed by atoms with Crippen molar-refractivity contribution in [2.45, 2.75) is 5.09 Å². The Labute approximate surface area is 111 Å². The Morgan fingerprint density at radius 1 is 1.26 bits per heavy atom. The van der Waals surface area contributed by atoms with Crippen LogP contribution in [0.2, 0.25) is 0 Å². The Bertz CT molecular complexity index is 727. The summed E-state index contributed by atoms with van der Waals surface area (Å²) in [5.41, 5.74) is 0.367. The molecular formula is C12H11N3O3S. The molecule has 2 aromatic rings. The highest BCUT2D eigenvalue weighted by Crippen LogP contribution is 2.25. The summed E-state index contributed by atoms with van der Waals surface area (Å²) in [6.07, 6.45) is 0. The van der Waals surface area contributed by atoms with Crippen LogP contribution in [0.25, 0.3) is 11.5 Å². The van der Waals surface area contributed by atoms with Crippen molar-refractivity contribution < 1.29 is 12.8 Å². The fourth-order valence-corrected chi connectivity index (χ4v) is 2.27. The standard InChI is InChI=1S/C12H11N3O3S/c1-15(2)19(16,17)12-10(8-13)14-11(18-12)9-6-4-3-5-7-9/h3-7H,1-2H3. The van der Waals surface area contributed by atoms with E-state index >= 15 is 0 Å². The number of rotatable bonds is 3. The van der Waals surface area contributed by atoms with E-state index in [1.165, 1.54) is 14.1 Å². The van der Waals surface area contributed by atoms with Crippen molar-refractivity contribution in [3.63, 3.8) is 0 Å². The fraction of sp³-hybridized carbons (Fsp3) is 0.167. The number of hydrogen-bond acceptors (Lipinski definition) is 5. The number of benzene rings is 1. The predicted octanol–water partition coefficient (Wildman–Crippen LogP) is 1.46. The maximum Gasteiger partial charge on any atom is 0.279 e. The lowest BCUT2D eigenvalue weighted by Crippen LogP contribution is -2.22. The average molecular weight is 277 g/mol.